The van der Waals surface area contributed by atoms with Crippen molar-refractivity contribution < 1.29 is 13.6 Å². The highest BCUT2D eigenvalue weighted by Gasteiger charge is 2.31. The highest BCUT2D eigenvalue weighted by Crippen LogP contribution is 2.30. The number of aromatic nitrogens is 1. The quantitative estimate of drug-likeness (QED) is 0.805. The monoisotopic (exact) mass is 382 g/mol. The lowest BCUT2D eigenvalue weighted by Crippen LogP contribution is -2.46. The minimum absolute atomic E-state index is 0.0935. The van der Waals surface area contributed by atoms with Gasteiger partial charge in [0.2, 0.25) is 5.91 Å². The molecule has 142 valence electrons. The molecule has 5 nitrogen and oxygen atoms in total. The molecule has 0 saturated heterocycles. The lowest BCUT2D eigenvalue weighted by Gasteiger charge is -2.31. The minimum Gasteiger partial charge on any atom is -0.312 e. The number of thiazole rings is 1. The van der Waals surface area contributed by atoms with E-state index in [9.17, 15) is 13.6 Å². The van der Waals surface area contributed by atoms with Crippen molar-refractivity contribution in [2.45, 2.75) is 31.7 Å². The summed E-state index contributed by atoms with van der Waals surface area (Å²) in [5.74, 6) is -1.60. The SMILES string of the molecule is CN(C)CCN[C@H]1CCCC[C@@H]1C(=O)Nc1nc2c(F)cc(F)cc2s1. The molecule has 0 bridgehead atoms. The second kappa shape index (κ2) is 8.37. The molecule has 1 aliphatic carbocycles. The van der Waals surface area contributed by atoms with Crippen LogP contribution in [0.25, 0.3) is 10.2 Å². The molecule has 1 aromatic heterocycles. The lowest BCUT2D eigenvalue weighted by molar-refractivity contribution is -0.121. The summed E-state index contributed by atoms with van der Waals surface area (Å²) in [5.41, 5.74) is 0.0935. The first-order valence-electron chi connectivity index (χ1n) is 8.88. The van der Waals surface area contributed by atoms with Gasteiger partial charge in [-0.3, -0.25) is 4.79 Å². The van der Waals surface area contributed by atoms with Gasteiger partial charge in [0.05, 0.1) is 10.6 Å². The van der Waals surface area contributed by atoms with Gasteiger partial charge in [-0.05, 0) is 33.0 Å². The molecule has 1 aliphatic rings. The van der Waals surface area contributed by atoms with Crippen molar-refractivity contribution in [3.05, 3.63) is 23.8 Å². The van der Waals surface area contributed by atoms with Gasteiger partial charge in [-0.25, -0.2) is 13.8 Å². The average molecular weight is 382 g/mol. The number of rotatable bonds is 6. The molecule has 1 amide bonds. The summed E-state index contributed by atoms with van der Waals surface area (Å²) in [7, 11) is 4.03. The lowest BCUT2D eigenvalue weighted by atomic mass is 9.84. The Labute approximate surface area is 155 Å². The van der Waals surface area contributed by atoms with E-state index < -0.39 is 11.6 Å². The fourth-order valence-corrected chi connectivity index (χ4v) is 4.28. The number of nitrogens with zero attached hydrogens (tertiary/aromatic N) is 2. The van der Waals surface area contributed by atoms with Crippen molar-refractivity contribution >= 4 is 32.6 Å². The van der Waals surface area contributed by atoms with Crippen molar-refractivity contribution in [3.8, 4) is 0 Å². The van der Waals surface area contributed by atoms with Crippen LogP contribution in [0.3, 0.4) is 0 Å². The van der Waals surface area contributed by atoms with E-state index >= 15 is 0 Å². The summed E-state index contributed by atoms with van der Waals surface area (Å²) in [5, 5.41) is 6.60. The zero-order valence-corrected chi connectivity index (χ0v) is 15.8. The van der Waals surface area contributed by atoms with E-state index in [-0.39, 0.29) is 23.4 Å². The maximum absolute atomic E-state index is 13.8. The predicted octanol–water partition coefficient (Wildman–Crippen LogP) is 3.22. The number of hydrogen-bond donors (Lipinski definition) is 2. The third kappa shape index (κ3) is 4.55. The number of carbonyl (C=O) groups is 1. The Bertz CT molecular complexity index is 780. The standard InChI is InChI=1S/C18H24F2N4OS/c1-24(2)8-7-21-14-6-4-3-5-12(14)17(25)23-18-22-16-13(20)9-11(19)10-15(16)26-18/h9-10,12,14,21H,3-8H2,1-2H3,(H,22,23,25)/t12-,14-/m0/s1. The average Bonchev–Trinajstić information content (AvgIpc) is 2.97. The first kappa shape index (κ1) is 19.1. The first-order chi connectivity index (χ1) is 12.4. The molecule has 0 spiro atoms. The number of fused-ring (bicyclic) bond motifs is 1. The number of likely N-dealkylation sites (N-methyl/N-ethyl adjacent to an activating group) is 1. The van der Waals surface area contributed by atoms with Crippen molar-refractivity contribution in [1.29, 1.82) is 0 Å². The van der Waals surface area contributed by atoms with Crippen LogP contribution in [-0.2, 0) is 4.79 Å². The summed E-state index contributed by atoms with van der Waals surface area (Å²) in [6.45, 7) is 1.74. The fourth-order valence-electron chi connectivity index (χ4n) is 3.37. The van der Waals surface area contributed by atoms with Crippen LogP contribution in [-0.4, -0.2) is 49.0 Å². The maximum atomic E-state index is 13.8. The van der Waals surface area contributed by atoms with E-state index in [2.05, 4.69) is 20.5 Å². The third-order valence-electron chi connectivity index (χ3n) is 4.71. The summed E-state index contributed by atoms with van der Waals surface area (Å²) in [6.07, 6.45) is 3.91. The smallest absolute Gasteiger partial charge is 0.230 e. The van der Waals surface area contributed by atoms with E-state index in [0.717, 1.165) is 56.2 Å². The fraction of sp³-hybridized carbons (Fsp3) is 0.556. The highest BCUT2D eigenvalue weighted by molar-refractivity contribution is 7.22. The van der Waals surface area contributed by atoms with E-state index in [1.165, 1.54) is 6.07 Å². The molecular weight excluding hydrogens is 358 g/mol. The van der Waals surface area contributed by atoms with Crippen LogP contribution < -0.4 is 10.6 Å². The van der Waals surface area contributed by atoms with E-state index in [1.807, 2.05) is 14.1 Å². The van der Waals surface area contributed by atoms with Crippen molar-refractivity contribution in [2.24, 2.45) is 5.92 Å². The van der Waals surface area contributed by atoms with Crippen LogP contribution in [0.2, 0.25) is 0 Å². The number of nitrogens with one attached hydrogen (secondary N) is 2. The summed E-state index contributed by atoms with van der Waals surface area (Å²) >= 11 is 1.09. The van der Waals surface area contributed by atoms with Gasteiger partial charge >= 0.3 is 0 Å². The van der Waals surface area contributed by atoms with E-state index in [0.29, 0.717) is 9.83 Å². The Morgan fingerprint density at radius 2 is 2.08 bits per heavy atom. The van der Waals surface area contributed by atoms with Crippen LogP contribution in [0.5, 0.6) is 0 Å². The molecule has 1 aromatic carbocycles. The number of amides is 1. The molecule has 8 heteroatoms. The summed E-state index contributed by atoms with van der Waals surface area (Å²) < 4.78 is 27.5. The van der Waals surface area contributed by atoms with E-state index in [1.54, 1.807) is 0 Å². The topological polar surface area (TPSA) is 57.3 Å². The molecule has 0 unspecified atom stereocenters. The summed E-state index contributed by atoms with van der Waals surface area (Å²) in [6, 6.07) is 2.17. The van der Waals surface area contributed by atoms with Gasteiger partial charge in [0.25, 0.3) is 0 Å². The molecule has 2 N–H and O–H groups in total. The van der Waals surface area contributed by atoms with Crippen molar-refractivity contribution in [2.75, 3.05) is 32.5 Å². The Hall–Kier alpha value is -1.64. The third-order valence-corrected chi connectivity index (χ3v) is 5.63. The van der Waals surface area contributed by atoms with Gasteiger partial charge in [0.15, 0.2) is 10.9 Å². The zero-order valence-electron chi connectivity index (χ0n) is 15.0. The second-order valence-corrected chi connectivity index (χ2v) is 8.03. The van der Waals surface area contributed by atoms with Crippen LogP contribution in [0.15, 0.2) is 12.1 Å². The van der Waals surface area contributed by atoms with Gasteiger partial charge < -0.3 is 15.5 Å². The number of benzene rings is 1. The van der Waals surface area contributed by atoms with Gasteiger partial charge in [0, 0.05) is 25.2 Å². The number of hydrogen-bond acceptors (Lipinski definition) is 5. The largest absolute Gasteiger partial charge is 0.312 e. The predicted molar refractivity (Wildman–Crippen MR) is 100 cm³/mol. The molecule has 0 radical (unpaired) electrons. The Morgan fingerprint density at radius 3 is 2.85 bits per heavy atom. The molecule has 1 fully saturated rings. The Morgan fingerprint density at radius 1 is 1.31 bits per heavy atom. The summed E-state index contributed by atoms with van der Waals surface area (Å²) in [4.78, 5) is 19.0. The minimum atomic E-state index is -0.711. The zero-order chi connectivity index (χ0) is 18.7. The number of anilines is 1. The molecule has 3 rings (SSSR count). The van der Waals surface area contributed by atoms with Gasteiger partial charge in [-0.15, -0.1) is 0 Å². The molecule has 2 atom stereocenters. The molecule has 0 aliphatic heterocycles. The molecule has 1 saturated carbocycles. The van der Waals surface area contributed by atoms with Crippen molar-refractivity contribution in [1.82, 2.24) is 15.2 Å². The number of halogens is 2. The van der Waals surface area contributed by atoms with Crippen LogP contribution in [0, 0.1) is 17.6 Å². The van der Waals surface area contributed by atoms with Crippen LogP contribution in [0.1, 0.15) is 25.7 Å². The second-order valence-electron chi connectivity index (χ2n) is 7.00. The maximum Gasteiger partial charge on any atom is 0.230 e. The highest BCUT2D eigenvalue weighted by atomic mass is 32.1. The number of carbonyl (C=O) groups excluding carboxylic acids is 1. The Kier molecular flexibility index (Phi) is 6.16. The first-order valence-corrected chi connectivity index (χ1v) is 9.70. The van der Waals surface area contributed by atoms with Gasteiger partial charge in [-0.1, -0.05) is 24.2 Å². The molecule has 2 aromatic rings. The molecular formula is C18H24F2N4OS. The normalized spacial score (nSPS) is 20.7. The van der Waals surface area contributed by atoms with Crippen LogP contribution in [0.4, 0.5) is 13.9 Å². The van der Waals surface area contributed by atoms with Gasteiger partial charge in [-0.2, -0.15) is 0 Å². The molecule has 26 heavy (non-hydrogen) atoms. The van der Waals surface area contributed by atoms with Crippen molar-refractivity contribution in [3.63, 3.8) is 0 Å². The Balaban J connectivity index is 1.68. The van der Waals surface area contributed by atoms with E-state index in [4.69, 9.17) is 0 Å². The van der Waals surface area contributed by atoms with Crippen LogP contribution >= 0.6 is 11.3 Å². The van der Waals surface area contributed by atoms with Gasteiger partial charge in [0.1, 0.15) is 11.3 Å². The molecule has 1 heterocycles.